The summed E-state index contributed by atoms with van der Waals surface area (Å²) in [7, 11) is 0. The van der Waals surface area contributed by atoms with Crippen LogP contribution >= 0.6 is 11.6 Å². The molecular weight excluding hydrogens is 228 g/mol. The molecule has 16 heavy (non-hydrogen) atoms. The first kappa shape index (κ1) is 11.4. The van der Waals surface area contributed by atoms with Crippen molar-refractivity contribution in [2.24, 2.45) is 0 Å². The van der Waals surface area contributed by atoms with E-state index in [2.05, 4.69) is 10.3 Å². The molecule has 0 radical (unpaired) electrons. The third-order valence-corrected chi connectivity index (χ3v) is 3.02. The van der Waals surface area contributed by atoms with E-state index in [1.165, 1.54) is 0 Å². The Morgan fingerprint density at radius 1 is 1.56 bits per heavy atom. The van der Waals surface area contributed by atoms with Gasteiger partial charge < -0.3 is 10.4 Å². The Morgan fingerprint density at radius 2 is 2.31 bits per heavy atom. The van der Waals surface area contributed by atoms with Crippen molar-refractivity contribution in [2.75, 3.05) is 6.54 Å². The summed E-state index contributed by atoms with van der Waals surface area (Å²) in [6.07, 6.45) is 2.51. The van der Waals surface area contributed by atoms with Crippen LogP contribution in [0.1, 0.15) is 29.8 Å². The Morgan fingerprint density at radius 3 is 2.88 bits per heavy atom. The molecule has 2 N–H and O–H groups in total. The molecule has 1 saturated carbocycles. The lowest BCUT2D eigenvalue weighted by atomic mass is 9.80. The fraction of sp³-hybridized carbons (Fsp3) is 0.455. The smallest absolute Gasteiger partial charge is 0.270 e. The second kappa shape index (κ2) is 4.39. The summed E-state index contributed by atoms with van der Waals surface area (Å²) >= 11 is 5.68. The van der Waals surface area contributed by atoms with E-state index in [0.717, 1.165) is 19.3 Å². The minimum Gasteiger partial charge on any atom is -0.388 e. The molecule has 86 valence electrons. The van der Waals surface area contributed by atoms with Crippen molar-refractivity contribution in [3.8, 4) is 0 Å². The molecule has 0 aliphatic heterocycles. The Balaban J connectivity index is 1.93. The number of hydrogen-bond donors (Lipinski definition) is 2. The molecule has 5 heteroatoms. The molecule has 4 nitrogen and oxygen atoms in total. The molecule has 2 rings (SSSR count). The summed E-state index contributed by atoms with van der Waals surface area (Å²) in [5, 5.41) is 12.7. The second-order valence-electron chi connectivity index (χ2n) is 4.11. The molecule has 1 aliphatic rings. The monoisotopic (exact) mass is 240 g/mol. The average Bonchev–Trinajstić information content (AvgIpc) is 2.23. The SMILES string of the molecule is O=C(NCC1(O)CCC1)c1cccc(Cl)n1. The number of carbonyl (C=O) groups is 1. The lowest BCUT2D eigenvalue weighted by Crippen LogP contribution is -2.47. The van der Waals surface area contributed by atoms with Gasteiger partial charge >= 0.3 is 0 Å². The molecule has 1 aromatic rings. The van der Waals surface area contributed by atoms with Crippen LogP contribution in [0, 0.1) is 0 Å². The Hall–Kier alpha value is -1.13. The van der Waals surface area contributed by atoms with Crippen molar-refractivity contribution in [2.45, 2.75) is 24.9 Å². The summed E-state index contributed by atoms with van der Waals surface area (Å²) in [4.78, 5) is 15.5. The number of aliphatic hydroxyl groups is 1. The Kier molecular flexibility index (Phi) is 3.12. The van der Waals surface area contributed by atoms with Gasteiger partial charge in [0.1, 0.15) is 10.8 Å². The number of nitrogens with zero attached hydrogens (tertiary/aromatic N) is 1. The predicted molar refractivity (Wildman–Crippen MR) is 60.4 cm³/mol. The molecule has 0 atom stereocenters. The van der Waals surface area contributed by atoms with Gasteiger partial charge in [-0.3, -0.25) is 4.79 Å². The normalized spacial score (nSPS) is 17.6. The van der Waals surface area contributed by atoms with Crippen molar-refractivity contribution in [1.29, 1.82) is 0 Å². The number of halogens is 1. The number of pyridine rings is 1. The van der Waals surface area contributed by atoms with Crippen molar-refractivity contribution in [1.82, 2.24) is 10.3 Å². The topological polar surface area (TPSA) is 62.2 Å². The molecular formula is C11H13ClN2O2. The Labute approximate surface area is 98.6 Å². The maximum Gasteiger partial charge on any atom is 0.270 e. The second-order valence-corrected chi connectivity index (χ2v) is 4.49. The summed E-state index contributed by atoms with van der Waals surface area (Å²) in [5.74, 6) is -0.303. The van der Waals surface area contributed by atoms with Gasteiger partial charge in [0.05, 0.1) is 5.60 Å². The van der Waals surface area contributed by atoms with E-state index in [1.807, 2.05) is 0 Å². The van der Waals surface area contributed by atoms with Crippen molar-refractivity contribution < 1.29 is 9.90 Å². The molecule has 0 saturated heterocycles. The Bertz CT molecular complexity index is 405. The third kappa shape index (κ3) is 2.51. The molecule has 1 aliphatic carbocycles. The van der Waals surface area contributed by atoms with Gasteiger partial charge in [-0.25, -0.2) is 4.98 Å². The van der Waals surface area contributed by atoms with Gasteiger partial charge in [0.15, 0.2) is 0 Å². The number of carbonyl (C=O) groups excluding carboxylic acids is 1. The highest BCUT2D eigenvalue weighted by atomic mass is 35.5. The van der Waals surface area contributed by atoms with Crippen molar-refractivity contribution >= 4 is 17.5 Å². The number of hydrogen-bond acceptors (Lipinski definition) is 3. The van der Waals surface area contributed by atoms with E-state index in [0.29, 0.717) is 0 Å². The number of aromatic nitrogens is 1. The zero-order chi connectivity index (χ0) is 11.6. The summed E-state index contributed by atoms with van der Waals surface area (Å²) < 4.78 is 0. The number of rotatable bonds is 3. The lowest BCUT2D eigenvalue weighted by Gasteiger charge is -2.36. The van der Waals surface area contributed by atoms with Crippen molar-refractivity contribution in [3.05, 3.63) is 29.0 Å². The van der Waals surface area contributed by atoms with E-state index < -0.39 is 5.60 Å². The van der Waals surface area contributed by atoms with Gasteiger partial charge in [-0.05, 0) is 31.4 Å². The number of nitrogens with one attached hydrogen (secondary N) is 1. The van der Waals surface area contributed by atoms with Crippen LogP contribution in [0.4, 0.5) is 0 Å². The molecule has 0 unspecified atom stereocenters. The first-order chi connectivity index (χ1) is 7.59. The van der Waals surface area contributed by atoms with Crippen LogP contribution in [0.2, 0.25) is 5.15 Å². The van der Waals surface area contributed by atoms with Crippen LogP contribution in [0.3, 0.4) is 0 Å². The van der Waals surface area contributed by atoms with Gasteiger partial charge in [0.25, 0.3) is 5.91 Å². The van der Waals surface area contributed by atoms with Crippen LogP contribution < -0.4 is 5.32 Å². The summed E-state index contributed by atoms with van der Waals surface area (Å²) in [5.41, 5.74) is -0.441. The molecule has 0 bridgehead atoms. The van der Waals surface area contributed by atoms with E-state index >= 15 is 0 Å². The van der Waals surface area contributed by atoms with Crippen LogP contribution in [0.5, 0.6) is 0 Å². The fourth-order valence-corrected chi connectivity index (χ4v) is 1.80. The van der Waals surface area contributed by atoms with Crippen LogP contribution in [-0.2, 0) is 0 Å². The highest BCUT2D eigenvalue weighted by molar-refractivity contribution is 6.29. The van der Waals surface area contributed by atoms with Gasteiger partial charge in [-0.15, -0.1) is 0 Å². The minimum absolute atomic E-state index is 0.274. The maximum absolute atomic E-state index is 11.6. The van der Waals surface area contributed by atoms with E-state index in [9.17, 15) is 9.90 Å². The van der Waals surface area contributed by atoms with E-state index in [1.54, 1.807) is 18.2 Å². The zero-order valence-electron chi connectivity index (χ0n) is 8.74. The molecule has 1 aromatic heterocycles. The number of amides is 1. The molecule has 1 fully saturated rings. The molecule has 0 spiro atoms. The average molecular weight is 241 g/mol. The van der Waals surface area contributed by atoms with Crippen LogP contribution in [-0.4, -0.2) is 28.1 Å². The van der Waals surface area contributed by atoms with Crippen LogP contribution in [0.15, 0.2) is 18.2 Å². The first-order valence-corrected chi connectivity index (χ1v) is 5.60. The lowest BCUT2D eigenvalue weighted by molar-refractivity contribution is -0.0300. The molecule has 1 amide bonds. The maximum atomic E-state index is 11.6. The van der Waals surface area contributed by atoms with Gasteiger partial charge in [-0.1, -0.05) is 17.7 Å². The first-order valence-electron chi connectivity index (χ1n) is 5.22. The standard InChI is InChI=1S/C11H13ClN2O2/c12-9-4-1-3-8(14-9)10(15)13-7-11(16)5-2-6-11/h1,3-4,16H,2,5-7H2,(H,13,15). The minimum atomic E-state index is -0.714. The zero-order valence-corrected chi connectivity index (χ0v) is 9.50. The summed E-state index contributed by atoms with van der Waals surface area (Å²) in [6.45, 7) is 0.278. The van der Waals surface area contributed by atoms with E-state index in [-0.39, 0.29) is 23.3 Å². The largest absolute Gasteiger partial charge is 0.388 e. The van der Waals surface area contributed by atoms with Gasteiger partial charge in [-0.2, -0.15) is 0 Å². The van der Waals surface area contributed by atoms with Crippen LogP contribution in [0.25, 0.3) is 0 Å². The third-order valence-electron chi connectivity index (χ3n) is 2.81. The highest BCUT2D eigenvalue weighted by Gasteiger charge is 2.34. The quantitative estimate of drug-likeness (QED) is 0.785. The van der Waals surface area contributed by atoms with E-state index in [4.69, 9.17) is 11.6 Å². The van der Waals surface area contributed by atoms with Crippen molar-refractivity contribution in [3.63, 3.8) is 0 Å². The van der Waals surface area contributed by atoms with Gasteiger partial charge in [0.2, 0.25) is 0 Å². The molecule has 1 heterocycles. The fourth-order valence-electron chi connectivity index (χ4n) is 1.63. The predicted octanol–water partition coefficient (Wildman–Crippen LogP) is 1.38. The van der Waals surface area contributed by atoms with Gasteiger partial charge in [0, 0.05) is 6.54 Å². The highest BCUT2D eigenvalue weighted by Crippen LogP contribution is 2.30. The summed E-state index contributed by atoms with van der Waals surface area (Å²) in [6, 6.07) is 4.87. The molecule has 0 aromatic carbocycles.